The average molecular weight is 352 g/mol. The van der Waals surface area contributed by atoms with E-state index >= 15 is 0 Å². The first-order valence-corrected chi connectivity index (χ1v) is 9.52. The topological polar surface area (TPSA) is 40.9 Å². The van der Waals surface area contributed by atoms with E-state index in [1.807, 2.05) is 13.0 Å². The molecule has 134 valence electrons. The van der Waals surface area contributed by atoms with Crippen LogP contribution in [-0.4, -0.2) is 60.3 Å². The van der Waals surface area contributed by atoms with E-state index in [9.17, 15) is 0 Å². The largest absolute Gasteiger partial charge is 0.464 e. The van der Waals surface area contributed by atoms with Crippen LogP contribution >= 0.6 is 12.2 Å². The Morgan fingerprint density at radius 1 is 1.29 bits per heavy atom. The van der Waals surface area contributed by atoms with Crippen molar-refractivity contribution < 1.29 is 9.15 Å². The second kappa shape index (κ2) is 8.83. The van der Waals surface area contributed by atoms with Crippen LogP contribution in [0.25, 0.3) is 0 Å². The first-order valence-electron chi connectivity index (χ1n) is 9.11. The number of ether oxygens (including phenoxy) is 1. The molecule has 1 aromatic heterocycles. The molecule has 1 aliphatic carbocycles. The second-order valence-corrected chi connectivity index (χ2v) is 7.21. The molecule has 0 radical (unpaired) electrons. The lowest BCUT2D eigenvalue weighted by molar-refractivity contribution is 0.0355. The lowest BCUT2D eigenvalue weighted by Gasteiger charge is -2.32. The van der Waals surface area contributed by atoms with Crippen molar-refractivity contribution in [2.24, 2.45) is 0 Å². The fourth-order valence-corrected chi connectivity index (χ4v) is 3.76. The highest BCUT2D eigenvalue weighted by Gasteiger charge is 2.20. The molecule has 1 saturated heterocycles. The molecule has 0 aromatic carbocycles. The van der Waals surface area contributed by atoms with E-state index in [4.69, 9.17) is 21.4 Å². The number of aryl methyl sites for hydroxylation is 1. The number of hydrogen-bond donors (Lipinski definition) is 1. The van der Waals surface area contributed by atoms with Crippen LogP contribution in [-0.2, 0) is 11.3 Å². The minimum Gasteiger partial charge on any atom is -0.464 e. The molecule has 2 fully saturated rings. The van der Waals surface area contributed by atoms with Crippen molar-refractivity contribution >= 4 is 17.3 Å². The summed E-state index contributed by atoms with van der Waals surface area (Å²) in [5.41, 5.74) is 0. The predicted octanol–water partition coefficient (Wildman–Crippen LogP) is 2.54. The van der Waals surface area contributed by atoms with Crippen molar-refractivity contribution in [3.8, 4) is 0 Å². The van der Waals surface area contributed by atoms with Gasteiger partial charge in [-0.3, -0.25) is 4.90 Å². The number of hydrogen-bond acceptors (Lipinski definition) is 4. The van der Waals surface area contributed by atoms with Crippen molar-refractivity contribution in [3.05, 3.63) is 23.7 Å². The Balaban J connectivity index is 1.56. The van der Waals surface area contributed by atoms with Gasteiger partial charge in [-0.1, -0.05) is 12.8 Å². The Labute approximate surface area is 150 Å². The third-order valence-corrected chi connectivity index (χ3v) is 5.28. The number of thiocarbonyl (C=S) groups is 1. The zero-order chi connectivity index (χ0) is 16.8. The number of nitrogens with zero attached hydrogens (tertiary/aromatic N) is 2. The first kappa shape index (κ1) is 17.7. The number of furan rings is 1. The molecule has 0 amide bonds. The quantitative estimate of drug-likeness (QED) is 0.795. The second-order valence-electron chi connectivity index (χ2n) is 6.82. The summed E-state index contributed by atoms with van der Waals surface area (Å²) in [6.07, 6.45) is 5.09. The van der Waals surface area contributed by atoms with Crippen molar-refractivity contribution in [3.63, 3.8) is 0 Å². The molecule has 1 saturated carbocycles. The Morgan fingerprint density at radius 2 is 2.04 bits per heavy atom. The fraction of sp³-hybridized carbons (Fsp3) is 0.722. The summed E-state index contributed by atoms with van der Waals surface area (Å²) in [6, 6.07) is 4.61. The first-order chi connectivity index (χ1) is 11.7. The summed E-state index contributed by atoms with van der Waals surface area (Å²) in [6.45, 7) is 8.33. The zero-order valence-corrected chi connectivity index (χ0v) is 15.4. The summed E-state index contributed by atoms with van der Waals surface area (Å²) in [7, 11) is 0. The van der Waals surface area contributed by atoms with E-state index in [0.717, 1.165) is 62.6 Å². The molecule has 24 heavy (non-hydrogen) atoms. The predicted molar refractivity (Wildman–Crippen MR) is 99.1 cm³/mol. The molecule has 1 aromatic rings. The lowest BCUT2D eigenvalue weighted by atomic mass is 10.2. The molecular weight excluding hydrogens is 322 g/mol. The van der Waals surface area contributed by atoms with Crippen LogP contribution in [0, 0.1) is 6.92 Å². The van der Waals surface area contributed by atoms with E-state index in [1.165, 1.54) is 25.7 Å². The van der Waals surface area contributed by atoms with E-state index < -0.39 is 0 Å². The van der Waals surface area contributed by atoms with E-state index in [1.54, 1.807) is 0 Å². The molecule has 3 rings (SSSR count). The highest BCUT2D eigenvalue weighted by atomic mass is 32.1. The Bertz CT molecular complexity index is 522. The molecule has 1 aliphatic heterocycles. The van der Waals surface area contributed by atoms with Gasteiger partial charge in [0.25, 0.3) is 0 Å². The molecule has 1 N–H and O–H groups in total. The van der Waals surface area contributed by atoms with Crippen LogP contribution in [0.1, 0.15) is 37.2 Å². The molecular formula is C18H29N3O2S. The maximum atomic E-state index is 5.76. The highest BCUT2D eigenvalue weighted by molar-refractivity contribution is 7.80. The van der Waals surface area contributed by atoms with Gasteiger partial charge in [0, 0.05) is 32.2 Å². The van der Waals surface area contributed by atoms with Gasteiger partial charge in [-0.25, -0.2) is 0 Å². The monoisotopic (exact) mass is 351 g/mol. The minimum absolute atomic E-state index is 0.543. The van der Waals surface area contributed by atoms with Gasteiger partial charge in [0.05, 0.1) is 19.8 Å². The van der Waals surface area contributed by atoms with Crippen LogP contribution in [0.4, 0.5) is 0 Å². The molecule has 2 aliphatic rings. The van der Waals surface area contributed by atoms with Gasteiger partial charge in [0.15, 0.2) is 5.11 Å². The summed E-state index contributed by atoms with van der Waals surface area (Å²) in [4.78, 5) is 4.70. The van der Waals surface area contributed by atoms with Crippen molar-refractivity contribution in [2.75, 3.05) is 39.4 Å². The standard InChI is InChI=1S/C18H29N3O2S/c1-15-6-7-17(23-15)14-21(9-8-20-10-12-22-13-11-20)18(24)19-16-4-2-3-5-16/h6-7,16H,2-5,8-14H2,1H3,(H,19,24). The van der Waals surface area contributed by atoms with Gasteiger partial charge in [-0.05, 0) is 44.1 Å². The Morgan fingerprint density at radius 3 is 2.71 bits per heavy atom. The van der Waals surface area contributed by atoms with Gasteiger partial charge in [0.1, 0.15) is 11.5 Å². The number of rotatable bonds is 6. The van der Waals surface area contributed by atoms with Crippen molar-refractivity contribution in [1.82, 2.24) is 15.1 Å². The average Bonchev–Trinajstić information content (AvgIpc) is 3.24. The minimum atomic E-state index is 0.543. The van der Waals surface area contributed by atoms with Gasteiger partial charge in [-0.15, -0.1) is 0 Å². The van der Waals surface area contributed by atoms with Crippen LogP contribution < -0.4 is 5.32 Å². The van der Waals surface area contributed by atoms with Gasteiger partial charge in [-0.2, -0.15) is 0 Å². The maximum Gasteiger partial charge on any atom is 0.169 e. The van der Waals surface area contributed by atoms with Gasteiger partial charge in [0.2, 0.25) is 0 Å². The molecule has 6 heteroatoms. The number of nitrogens with one attached hydrogen (secondary N) is 1. The Kier molecular flexibility index (Phi) is 6.51. The lowest BCUT2D eigenvalue weighted by Crippen LogP contribution is -2.47. The summed E-state index contributed by atoms with van der Waals surface area (Å²) in [5.74, 6) is 1.93. The molecule has 2 heterocycles. The van der Waals surface area contributed by atoms with Crippen LogP contribution in [0.2, 0.25) is 0 Å². The normalized spacial score (nSPS) is 19.5. The third-order valence-electron chi connectivity index (χ3n) is 4.90. The molecule has 0 unspecified atom stereocenters. The third kappa shape index (κ3) is 5.19. The van der Waals surface area contributed by atoms with Gasteiger partial charge >= 0.3 is 0 Å². The smallest absolute Gasteiger partial charge is 0.169 e. The molecule has 0 atom stereocenters. The fourth-order valence-electron chi connectivity index (χ4n) is 3.43. The molecule has 0 spiro atoms. The van der Waals surface area contributed by atoms with Crippen LogP contribution in [0.15, 0.2) is 16.5 Å². The van der Waals surface area contributed by atoms with E-state index in [-0.39, 0.29) is 0 Å². The summed E-state index contributed by atoms with van der Waals surface area (Å²) >= 11 is 5.71. The SMILES string of the molecule is Cc1ccc(CN(CCN2CCOCC2)C(=S)NC2CCCC2)o1. The van der Waals surface area contributed by atoms with Crippen LogP contribution in [0.3, 0.4) is 0 Å². The molecule has 5 nitrogen and oxygen atoms in total. The van der Waals surface area contributed by atoms with E-state index in [0.29, 0.717) is 6.04 Å². The summed E-state index contributed by atoms with van der Waals surface area (Å²) in [5, 5.41) is 4.43. The Hall–Kier alpha value is -1.11. The number of morpholine rings is 1. The van der Waals surface area contributed by atoms with Gasteiger partial charge < -0.3 is 19.4 Å². The maximum absolute atomic E-state index is 5.76. The summed E-state index contributed by atoms with van der Waals surface area (Å²) < 4.78 is 11.2. The molecule has 0 bridgehead atoms. The van der Waals surface area contributed by atoms with Crippen molar-refractivity contribution in [2.45, 2.75) is 45.2 Å². The van der Waals surface area contributed by atoms with E-state index in [2.05, 4.69) is 21.2 Å². The zero-order valence-electron chi connectivity index (χ0n) is 14.6. The van der Waals surface area contributed by atoms with Crippen LogP contribution in [0.5, 0.6) is 0 Å². The van der Waals surface area contributed by atoms with Crippen molar-refractivity contribution in [1.29, 1.82) is 0 Å². The highest BCUT2D eigenvalue weighted by Crippen LogP contribution is 2.18.